The molecule has 102 valence electrons. The summed E-state index contributed by atoms with van der Waals surface area (Å²) in [7, 11) is 0. The number of halogens is 2. The number of alkyl halides is 2. The molecular formula is C13H15F2N3O. The number of nitrogens with two attached hydrogens (primary N) is 2. The predicted octanol–water partition coefficient (Wildman–Crippen LogP) is 1.77. The van der Waals surface area contributed by atoms with Gasteiger partial charge in [-0.25, -0.2) is 13.8 Å². The highest BCUT2D eigenvalue weighted by Crippen LogP contribution is 2.56. The highest BCUT2D eigenvalue weighted by Gasteiger charge is 2.63. The fourth-order valence-electron chi connectivity index (χ4n) is 2.87. The number of nitrogens with zero attached hydrogens (tertiary/aromatic N) is 1. The molecule has 0 unspecified atom stereocenters. The molecule has 4 N–H and O–H groups in total. The molecule has 0 aromatic heterocycles. The number of hydrogen-bond acceptors (Lipinski definition) is 4. The number of aryl methyl sites for hydroxylation is 1. The van der Waals surface area contributed by atoms with E-state index >= 15 is 0 Å². The Morgan fingerprint density at radius 2 is 2.16 bits per heavy atom. The third-order valence-electron chi connectivity index (χ3n) is 3.89. The number of benzene rings is 1. The van der Waals surface area contributed by atoms with Crippen LogP contribution in [0.3, 0.4) is 0 Å². The van der Waals surface area contributed by atoms with Gasteiger partial charge in [-0.1, -0.05) is 6.07 Å². The van der Waals surface area contributed by atoms with Crippen molar-refractivity contribution < 1.29 is 13.5 Å². The molecule has 0 amide bonds. The summed E-state index contributed by atoms with van der Waals surface area (Å²) in [6.07, 6.45) is -2.36. The van der Waals surface area contributed by atoms with E-state index in [1.54, 1.807) is 25.1 Å². The van der Waals surface area contributed by atoms with Gasteiger partial charge in [0.2, 0.25) is 0 Å². The topological polar surface area (TPSA) is 73.6 Å². The summed E-state index contributed by atoms with van der Waals surface area (Å²) < 4.78 is 32.7. The van der Waals surface area contributed by atoms with Gasteiger partial charge in [-0.15, -0.1) is 0 Å². The minimum absolute atomic E-state index is 0.166. The highest BCUT2D eigenvalue weighted by molar-refractivity contribution is 5.74. The van der Waals surface area contributed by atoms with E-state index in [1.807, 2.05) is 0 Å². The summed E-state index contributed by atoms with van der Waals surface area (Å²) in [5.74, 6) is -0.333. The van der Waals surface area contributed by atoms with Crippen LogP contribution in [0.15, 0.2) is 23.2 Å². The van der Waals surface area contributed by atoms with Gasteiger partial charge in [0.15, 0.2) is 5.54 Å². The Labute approximate surface area is 109 Å². The van der Waals surface area contributed by atoms with Crippen molar-refractivity contribution in [3.63, 3.8) is 0 Å². The number of anilines is 1. The molecule has 1 aliphatic heterocycles. The second kappa shape index (κ2) is 3.82. The predicted molar refractivity (Wildman–Crippen MR) is 67.9 cm³/mol. The van der Waals surface area contributed by atoms with E-state index < -0.39 is 12.0 Å². The van der Waals surface area contributed by atoms with Crippen molar-refractivity contribution >= 4 is 11.7 Å². The quantitative estimate of drug-likeness (QED) is 0.802. The van der Waals surface area contributed by atoms with E-state index in [0.29, 0.717) is 17.7 Å². The lowest BCUT2D eigenvalue weighted by molar-refractivity contribution is 0.0193. The Kier molecular flexibility index (Phi) is 2.45. The van der Waals surface area contributed by atoms with Crippen LogP contribution >= 0.6 is 0 Å². The van der Waals surface area contributed by atoms with Gasteiger partial charge in [-0.2, -0.15) is 0 Å². The molecule has 6 heteroatoms. The van der Waals surface area contributed by atoms with Crippen LogP contribution in [-0.4, -0.2) is 18.6 Å². The van der Waals surface area contributed by atoms with Crippen LogP contribution in [-0.2, 0) is 10.3 Å². The van der Waals surface area contributed by atoms with Crippen LogP contribution in [0.25, 0.3) is 0 Å². The fraction of sp³-hybridized carbons (Fsp3) is 0.462. The van der Waals surface area contributed by atoms with E-state index in [1.165, 1.54) is 0 Å². The molecule has 19 heavy (non-hydrogen) atoms. The van der Waals surface area contributed by atoms with Crippen molar-refractivity contribution in [2.24, 2.45) is 16.6 Å². The number of rotatable bonds is 2. The second-order valence-corrected chi connectivity index (χ2v) is 5.15. The average Bonchev–Trinajstić information content (AvgIpc) is 3.10. The maximum absolute atomic E-state index is 13.8. The Bertz CT molecular complexity index is 561. The highest BCUT2D eigenvalue weighted by atomic mass is 19.3. The fourth-order valence-corrected chi connectivity index (χ4v) is 2.87. The van der Waals surface area contributed by atoms with E-state index in [9.17, 15) is 8.78 Å². The van der Waals surface area contributed by atoms with Gasteiger partial charge in [0.05, 0.1) is 0 Å². The third-order valence-corrected chi connectivity index (χ3v) is 3.89. The van der Waals surface area contributed by atoms with E-state index in [0.717, 1.165) is 5.56 Å². The lowest BCUT2D eigenvalue weighted by atomic mass is 9.82. The van der Waals surface area contributed by atoms with Gasteiger partial charge in [-0.05, 0) is 36.6 Å². The van der Waals surface area contributed by atoms with Crippen molar-refractivity contribution in [2.45, 2.75) is 31.4 Å². The smallest absolute Gasteiger partial charge is 0.283 e. The summed E-state index contributed by atoms with van der Waals surface area (Å²) in [5.41, 5.74) is 11.3. The normalized spacial score (nSPS) is 32.5. The molecule has 0 saturated heterocycles. The summed E-state index contributed by atoms with van der Waals surface area (Å²) in [6, 6.07) is 4.82. The Morgan fingerprint density at radius 1 is 1.42 bits per heavy atom. The first-order valence-corrected chi connectivity index (χ1v) is 6.12. The minimum atomic E-state index is -2.65. The van der Waals surface area contributed by atoms with Gasteiger partial charge in [0, 0.05) is 11.6 Å². The summed E-state index contributed by atoms with van der Waals surface area (Å²) in [5, 5.41) is 0. The number of hydrogen-bond donors (Lipinski definition) is 2. The summed E-state index contributed by atoms with van der Waals surface area (Å²) >= 11 is 0. The number of fused-ring (bicyclic) bond motifs is 1. The molecule has 1 heterocycles. The van der Waals surface area contributed by atoms with Gasteiger partial charge >= 0.3 is 0 Å². The van der Waals surface area contributed by atoms with Crippen molar-refractivity contribution in [1.82, 2.24) is 0 Å². The first kappa shape index (κ1) is 12.2. The molecule has 1 aromatic rings. The summed E-state index contributed by atoms with van der Waals surface area (Å²) in [4.78, 5) is 3.97. The molecule has 0 spiro atoms. The molecule has 1 saturated carbocycles. The molecule has 2 aliphatic rings. The number of aliphatic imine (C=N–C) groups is 1. The van der Waals surface area contributed by atoms with Crippen molar-refractivity contribution in [3.8, 4) is 0 Å². The van der Waals surface area contributed by atoms with Crippen LogP contribution in [0, 0.1) is 12.8 Å². The number of nitrogen functional groups attached to an aromatic ring is 1. The molecule has 1 aliphatic carbocycles. The lowest BCUT2D eigenvalue weighted by Crippen LogP contribution is -2.43. The van der Waals surface area contributed by atoms with Gasteiger partial charge in [0.1, 0.15) is 6.10 Å². The molecular weight excluding hydrogens is 252 g/mol. The maximum atomic E-state index is 13.8. The minimum Gasteiger partial charge on any atom is -0.462 e. The van der Waals surface area contributed by atoms with Crippen LogP contribution in [0.5, 0.6) is 0 Å². The largest absolute Gasteiger partial charge is 0.462 e. The Morgan fingerprint density at radius 3 is 2.84 bits per heavy atom. The standard InChI is InChI=1S/C13H15F2N3O/c1-6-2-3-7(16)4-8(6)13(11(14)15)9-5-10(9)19-12(17)18-13/h2-4,9-11H,5,16H2,1H3,(H2,17,18)/t9-,10+,13+/m0/s1. The molecule has 1 aromatic carbocycles. The lowest BCUT2D eigenvalue weighted by Gasteiger charge is -2.34. The molecule has 0 radical (unpaired) electrons. The number of amidine groups is 1. The molecule has 3 atom stereocenters. The summed E-state index contributed by atoms with van der Waals surface area (Å²) in [6.45, 7) is 1.78. The van der Waals surface area contributed by atoms with Gasteiger partial charge in [0.25, 0.3) is 12.4 Å². The first-order chi connectivity index (χ1) is 8.95. The zero-order valence-corrected chi connectivity index (χ0v) is 10.4. The van der Waals surface area contributed by atoms with Crippen molar-refractivity contribution in [3.05, 3.63) is 29.3 Å². The Hall–Kier alpha value is -1.85. The van der Waals surface area contributed by atoms with Crippen LogP contribution in [0.2, 0.25) is 0 Å². The van der Waals surface area contributed by atoms with E-state index in [2.05, 4.69) is 4.99 Å². The first-order valence-electron chi connectivity index (χ1n) is 6.12. The Balaban J connectivity index is 2.21. The van der Waals surface area contributed by atoms with E-state index in [-0.39, 0.29) is 18.0 Å². The van der Waals surface area contributed by atoms with E-state index in [4.69, 9.17) is 16.2 Å². The van der Waals surface area contributed by atoms with Crippen LogP contribution in [0.4, 0.5) is 14.5 Å². The van der Waals surface area contributed by atoms with Crippen LogP contribution < -0.4 is 11.5 Å². The van der Waals surface area contributed by atoms with Crippen LogP contribution in [0.1, 0.15) is 17.5 Å². The zero-order valence-electron chi connectivity index (χ0n) is 10.4. The van der Waals surface area contributed by atoms with Gasteiger partial charge in [-0.3, -0.25) is 0 Å². The van der Waals surface area contributed by atoms with Crippen molar-refractivity contribution in [1.29, 1.82) is 0 Å². The molecule has 1 fully saturated rings. The molecule has 3 rings (SSSR count). The number of ether oxygens (including phenoxy) is 1. The monoisotopic (exact) mass is 267 g/mol. The maximum Gasteiger partial charge on any atom is 0.283 e. The second-order valence-electron chi connectivity index (χ2n) is 5.15. The van der Waals surface area contributed by atoms with Gasteiger partial charge < -0.3 is 16.2 Å². The zero-order chi connectivity index (χ0) is 13.8. The molecule has 0 bridgehead atoms. The van der Waals surface area contributed by atoms with Crippen molar-refractivity contribution in [2.75, 3.05) is 5.73 Å². The SMILES string of the molecule is Cc1ccc(N)cc1[C@@]1(C(F)F)N=C(N)O[C@@H]2C[C@@H]21. The molecule has 4 nitrogen and oxygen atoms in total. The third kappa shape index (κ3) is 1.66. The average molecular weight is 267 g/mol.